The maximum Gasteiger partial charge on any atom is 0.292 e. The average molecular weight is 547 g/mol. The summed E-state index contributed by atoms with van der Waals surface area (Å²) in [6.45, 7) is 2.01. The number of carbonyl (C=O) groups excluding carboxylic acids is 2. The van der Waals surface area contributed by atoms with Crippen molar-refractivity contribution in [3.8, 4) is 0 Å². The number of carbonyl (C=O) groups is 2. The van der Waals surface area contributed by atoms with Gasteiger partial charge in [-0.2, -0.15) is 0 Å². The minimum absolute atomic E-state index is 0.0828. The molecule has 7 heteroatoms. The third-order valence-electron chi connectivity index (χ3n) is 7.81. The number of likely N-dealkylation sites (tertiary alicyclic amines) is 1. The van der Waals surface area contributed by atoms with Gasteiger partial charge in [0.1, 0.15) is 11.5 Å². The van der Waals surface area contributed by atoms with Gasteiger partial charge in [-0.15, -0.1) is 0 Å². The number of piperidine rings is 1. The molecule has 0 unspecified atom stereocenters. The largest absolute Gasteiger partial charge is 0.346 e. The molecule has 5 aromatic rings. The standard InChI is InChI=1S/C34H31FN4O2/c35-27-15-13-24(14-16-27)22-39-23-30(29-12-7-19-36-33(29)39)32(40)34(41)37-28-17-20-38(21-18-28)31(25-8-3-1-4-9-25)26-10-5-2-6-11-26/h1-16,19,23,28,31H,17-18,20-22H2,(H,37,41). The molecule has 1 aliphatic rings. The van der Waals surface area contributed by atoms with Crippen molar-refractivity contribution in [2.75, 3.05) is 13.1 Å². The third-order valence-corrected chi connectivity index (χ3v) is 7.81. The lowest BCUT2D eigenvalue weighted by molar-refractivity contribution is -0.118. The summed E-state index contributed by atoms with van der Waals surface area (Å²) in [5.41, 5.74) is 4.27. The molecule has 1 aliphatic heterocycles. The van der Waals surface area contributed by atoms with Crippen LogP contribution in [0.4, 0.5) is 4.39 Å². The van der Waals surface area contributed by atoms with E-state index in [0.29, 0.717) is 23.1 Å². The third kappa shape index (κ3) is 5.81. The molecule has 1 saturated heterocycles. The van der Waals surface area contributed by atoms with E-state index < -0.39 is 11.7 Å². The number of pyridine rings is 1. The van der Waals surface area contributed by atoms with E-state index >= 15 is 0 Å². The number of nitrogens with zero attached hydrogens (tertiary/aromatic N) is 3. The predicted molar refractivity (Wildman–Crippen MR) is 157 cm³/mol. The van der Waals surface area contributed by atoms with E-state index in [1.165, 1.54) is 23.3 Å². The highest BCUT2D eigenvalue weighted by Gasteiger charge is 2.30. The number of ketones is 1. The van der Waals surface area contributed by atoms with Crippen molar-refractivity contribution >= 4 is 22.7 Å². The van der Waals surface area contributed by atoms with Gasteiger partial charge in [-0.3, -0.25) is 14.5 Å². The first kappa shape index (κ1) is 26.6. The zero-order chi connectivity index (χ0) is 28.2. The summed E-state index contributed by atoms with van der Waals surface area (Å²) >= 11 is 0. The van der Waals surface area contributed by atoms with Crippen LogP contribution in [0.2, 0.25) is 0 Å². The van der Waals surface area contributed by atoms with Gasteiger partial charge in [-0.25, -0.2) is 9.37 Å². The molecule has 0 aliphatic carbocycles. The number of amides is 1. The summed E-state index contributed by atoms with van der Waals surface area (Å²) in [6, 6.07) is 30.8. The van der Waals surface area contributed by atoms with Crippen LogP contribution in [0.5, 0.6) is 0 Å². The van der Waals surface area contributed by atoms with Gasteiger partial charge >= 0.3 is 0 Å². The molecule has 41 heavy (non-hydrogen) atoms. The van der Waals surface area contributed by atoms with Gasteiger partial charge in [0.15, 0.2) is 0 Å². The zero-order valence-corrected chi connectivity index (χ0v) is 22.6. The Morgan fingerprint density at radius 3 is 2.12 bits per heavy atom. The van der Waals surface area contributed by atoms with E-state index in [2.05, 4.69) is 63.7 Å². The summed E-state index contributed by atoms with van der Waals surface area (Å²) in [6.07, 6.45) is 4.84. The Morgan fingerprint density at radius 1 is 0.854 bits per heavy atom. The van der Waals surface area contributed by atoms with Crippen molar-refractivity contribution in [1.29, 1.82) is 0 Å². The lowest BCUT2D eigenvalue weighted by atomic mass is 9.94. The number of fused-ring (bicyclic) bond motifs is 1. The molecule has 3 heterocycles. The van der Waals surface area contributed by atoms with E-state index in [1.54, 1.807) is 36.7 Å². The number of Topliss-reactive ketones (excluding diaryl/α,β-unsaturated/α-hetero) is 1. The highest BCUT2D eigenvalue weighted by Crippen LogP contribution is 2.31. The topological polar surface area (TPSA) is 67.2 Å². The van der Waals surface area contributed by atoms with Crippen LogP contribution in [0, 0.1) is 5.82 Å². The SMILES string of the molecule is O=C(NC1CCN(C(c2ccccc2)c2ccccc2)CC1)C(=O)c1cn(Cc2ccc(F)cc2)c2ncccc12. The summed E-state index contributed by atoms with van der Waals surface area (Å²) < 4.78 is 15.2. The number of hydrogen-bond acceptors (Lipinski definition) is 4. The van der Waals surface area contributed by atoms with Crippen LogP contribution in [-0.4, -0.2) is 45.3 Å². The maximum absolute atomic E-state index is 13.4. The van der Waals surface area contributed by atoms with E-state index in [-0.39, 0.29) is 17.9 Å². The van der Waals surface area contributed by atoms with Crippen LogP contribution < -0.4 is 5.32 Å². The van der Waals surface area contributed by atoms with Crippen LogP contribution in [0.3, 0.4) is 0 Å². The molecule has 2 aromatic heterocycles. The van der Waals surface area contributed by atoms with Crippen molar-refractivity contribution in [3.63, 3.8) is 0 Å². The van der Waals surface area contributed by atoms with Gasteiger partial charge in [0, 0.05) is 43.5 Å². The molecular weight excluding hydrogens is 515 g/mol. The van der Waals surface area contributed by atoms with Crippen molar-refractivity contribution in [3.05, 3.63) is 138 Å². The first-order chi connectivity index (χ1) is 20.1. The second-order valence-corrected chi connectivity index (χ2v) is 10.5. The molecule has 1 N–H and O–H groups in total. The average Bonchev–Trinajstić information content (AvgIpc) is 3.38. The van der Waals surface area contributed by atoms with Crippen molar-refractivity contribution in [2.24, 2.45) is 0 Å². The van der Waals surface area contributed by atoms with Gasteiger partial charge in [0.25, 0.3) is 11.7 Å². The smallest absolute Gasteiger partial charge is 0.292 e. The van der Waals surface area contributed by atoms with Gasteiger partial charge in [0.05, 0.1) is 11.6 Å². The van der Waals surface area contributed by atoms with Gasteiger partial charge < -0.3 is 9.88 Å². The highest BCUT2D eigenvalue weighted by atomic mass is 19.1. The Kier molecular flexibility index (Phi) is 7.69. The lowest BCUT2D eigenvalue weighted by Gasteiger charge is -2.38. The second-order valence-electron chi connectivity index (χ2n) is 10.5. The summed E-state index contributed by atoms with van der Waals surface area (Å²) in [5.74, 6) is -1.48. The molecular formula is C34H31FN4O2. The Hall–Kier alpha value is -4.62. The molecule has 0 atom stereocenters. The normalized spacial score (nSPS) is 14.4. The van der Waals surface area contributed by atoms with Crippen molar-refractivity contribution in [2.45, 2.75) is 31.5 Å². The minimum atomic E-state index is -0.601. The molecule has 6 nitrogen and oxygen atoms in total. The Morgan fingerprint density at radius 2 is 1.49 bits per heavy atom. The fourth-order valence-corrected chi connectivity index (χ4v) is 5.77. The molecule has 1 fully saturated rings. The van der Waals surface area contributed by atoms with E-state index in [4.69, 9.17) is 0 Å². The first-order valence-electron chi connectivity index (χ1n) is 13.9. The Balaban J connectivity index is 1.14. The van der Waals surface area contributed by atoms with Gasteiger partial charge in [-0.05, 0) is 53.8 Å². The maximum atomic E-state index is 13.4. The molecule has 6 rings (SSSR count). The van der Waals surface area contributed by atoms with Crippen LogP contribution in [-0.2, 0) is 11.3 Å². The predicted octanol–water partition coefficient (Wildman–Crippen LogP) is 5.78. The summed E-state index contributed by atoms with van der Waals surface area (Å²) in [4.78, 5) is 33.4. The number of rotatable bonds is 8. The number of aromatic nitrogens is 2. The number of hydrogen-bond donors (Lipinski definition) is 1. The quantitative estimate of drug-likeness (QED) is 0.198. The molecule has 206 valence electrons. The van der Waals surface area contributed by atoms with E-state index in [9.17, 15) is 14.0 Å². The van der Waals surface area contributed by atoms with Gasteiger partial charge in [-0.1, -0.05) is 72.8 Å². The highest BCUT2D eigenvalue weighted by molar-refractivity contribution is 6.45. The van der Waals surface area contributed by atoms with Crippen LogP contribution in [0.15, 0.2) is 109 Å². The van der Waals surface area contributed by atoms with Crippen LogP contribution >= 0.6 is 0 Å². The van der Waals surface area contributed by atoms with Crippen LogP contribution in [0.25, 0.3) is 11.0 Å². The van der Waals surface area contributed by atoms with Crippen molar-refractivity contribution < 1.29 is 14.0 Å². The molecule has 0 spiro atoms. The molecule has 0 saturated carbocycles. The van der Waals surface area contributed by atoms with Gasteiger partial charge in [0.2, 0.25) is 0 Å². The first-order valence-corrected chi connectivity index (χ1v) is 13.9. The monoisotopic (exact) mass is 546 g/mol. The molecule has 0 bridgehead atoms. The number of halogens is 1. The number of nitrogens with one attached hydrogen (secondary N) is 1. The zero-order valence-electron chi connectivity index (χ0n) is 22.6. The van der Waals surface area contributed by atoms with Crippen LogP contribution in [0.1, 0.15) is 45.9 Å². The Labute approximate surface area is 238 Å². The number of benzene rings is 3. The summed E-state index contributed by atoms with van der Waals surface area (Å²) in [5, 5.41) is 3.62. The van der Waals surface area contributed by atoms with Crippen molar-refractivity contribution in [1.82, 2.24) is 19.8 Å². The summed E-state index contributed by atoms with van der Waals surface area (Å²) in [7, 11) is 0. The van der Waals surface area contributed by atoms with E-state index in [0.717, 1.165) is 31.5 Å². The van der Waals surface area contributed by atoms with E-state index in [1.807, 2.05) is 16.7 Å². The fraction of sp³-hybridized carbons (Fsp3) is 0.206. The molecule has 0 radical (unpaired) electrons. The molecule has 1 amide bonds. The second kappa shape index (κ2) is 11.9. The fourth-order valence-electron chi connectivity index (χ4n) is 5.77. The molecule has 3 aromatic carbocycles. The Bertz CT molecular complexity index is 1600. The lowest BCUT2D eigenvalue weighted by Crippen LogP contribution is -2.47. The minimum Gasteiger partial charge on any atom is -0.346 e.